The molecule has 0 fully saturated rings. The van der Waals surface area contributed by atoms with Crippen molar-refractivity contribution in [3.63, 3.8) is 0 Å². The zero-order valence-electron chi connectivity index (χ0n) is 13.2. The Hall–Kier alpha value is -1.45. The Labute approximate surface area is 158 Å². The average molecular weight is 407 g/mol. The molecule has 6 heteroatoms. The molecule has 0 saturated heterocycles. The first-order chi connectivity index (χ1) is 12.0. The van der Waals surface area contributed by atoms with Gasteiger partial charge in [-0.1, -0.05) is 102 Å². The summed E-state index contributed by atoms with van der Waals surface area (Å²) in [5.74, 6) is 0. The van der Waals surface area contributed by atoms with Crippen LogP contribution in [0, 0.1) is 0 Å². The molecule has 1 atom stereocenters. The van der Waals surface area contributed by atoms with Crippen LogP contribution in [-0.2, 0) is 21.6 Å². The summed E-state index contributed by atoms with van der Waals surface area (Å²) in [6.07, 6.45) is 0. The molecule has 0 aliphatic heterocycles. The molecule has 0 N–H and O–H groups in total. The fraction of sp³-hybridized carbons (Fsp3) is 0.0526. The van der Waals surface area contributed by atoms with Crippen molar-refractivity contribution in [1.29, 1.82) is 0 Å². The van der Waals surface area contributed by atoms with Crippen LogP contribution in [0.15, 0.2) is 95.9 Å². The van der Waals surface area contributed by atoms with Crippen molar-refractivity contribution < 1.29 is 8.42 Å². The molecule has 0 radical (unpaired) electrons. The van der Waals surface area contributed by atoms with Crippen molar-refractivity contribution in [3.8, 4) is 0 Å². The number of sulfone groups is 1. The van der Waals surface area contributed by atoms with Gasteiger partial charge in [-0.15, -0.1) is 0 Å². The summed E-state index contributed by atoms with van der Waals surface area (Å²) >= 11 is 12.6. The lowest BCUT2D eigenvalue weighted by atomic mass is 10.4. The van der Waals surface area contributed by atoms with Crippen molar-refractivity contribution in [2.75, 3.05) is 0 Å². The van der Waals surface area contributed by atoms with Crippen LogP contribution >= 0.6 is 17.6 Å². The number of hydrogen-bond donors (Lipinski definition) is 0. The molecule has 0 aliphatic carbocycles. The molecule has 3 aromatic carbocycles. The molecule has 0 amide bonds. The summed E-state index contributed by atoms with van der Waals surface area (Å²) in [6, 6.07) is 24.1. The fourth-order valence-electron chi connectivity index (χ4n) is 2.60. The second-order valence-electron chi connectivity index (χ2n) is 5.48. The van der Waals surface area contributed by atoms with Gasteiger partial charge in [0.25, 0.3) is 0 Å². The van der Waals surface area contributed by atoms with E-state index in [0.717, 1.165) is 10.6 Å². The van der Waals surface area contributed by atoms with Gasteiger partial charge in [0.15, 0.2) is 4.45 Å². The molecule has 128 valence electrons. The Morgan fingerprint density at radius 3 is 1.48 bits per heavy atom. The van der Waals surface area contributed by atoms with Gasteiger partial charge in [0.2, 0.25) is 9.84 Å². The number of hydrogen-bond acceptors (Lipinski definition) is 3. The molecule has 2 nitrogen and oxygen atoms in total. The Kier molecular flexibility index (Phi) is 5.45. The Morgan fingerprint density at radius 2 is 1.08 bits per heavy atom. The first-order valence-corrected chi connectivity index (χ1v) is 12.5. The fourth-order valence-corrected chi connectivity index (χ4v) is 10.8. The van der Waals surface area contributed by atoms with E-state index in [1.165, 1.54) is 0 Å². The molecular formula is C19H16ClO2PS2. The second kappa shape index (κ2) is 7.43. The molecule has 0 aliphatic rings. The molecule has 25 heavy (non-hydrogen) atoms. The highest BCUT2D eigenvalue weighted by Gasteiger charge is 2.40. The first kappa shape index (κ1) is 18.3. The van der Waals surface area contributed by atoms with Crippen LogP contribution in [0.3, 0.4) is 0 Å². The maximum absolute atomic E-state index is 13.2. The van der Waals surface area contributed by atoms with Gasteiger partial charge in [-0.25, -0.2) is 8.42 Å². The van der Waals surface area contributed by atoms with E-state index >= 15 is 0 Å². The number of halogens is 1. The van der Waals surface area contributed by atoms with Crippen molar-refractivity contribution in [3.05, 3.63) is 91.0 Å². The molecule has 3 rings (SSSR count). The lowest BCUT2D eigenvalue weighted by molar-refractivity contribution is 0.599. The lowest BCUT2D eigenvalue weighted by Gasteiger charge is -2.28. The number of benzene rings is 3. The summed E-state index contributed by atoms with van der Waals surface area (Å²) in [5, 5.41) is 1.58. The summed E-state index contributed by atoms with van der Waals surface area (Å²) < 4.78 is 25.1. The molecule has 3 aromatic rings. The average Bonchev–Trinajstić information content (AvgIpc) is 2.68. The highest BCUT2D eigenvalue weighted by Crippen LogP contribution is 2.54. The minimum Gasteiger partial charge on any atom is -0.222 e. The van der Waals surface area contributed by atoms with E-state index in [-0.39, 0.29) is 4.90 Å². The molecule has 0 aromatic heterocycles. The van der Waals surface area contributed by atoms with Crippen molar-refractivity contribution >= 4 is 49.9 Å². The molecule has 0 spiro atoms. The quantitative estimate of drug-likeness (QED) is 0.472. The summed E-state index contributed by atoms with van der Waals surface area (Å²) in [6.45, 7) is 0. The van der Waals surface area contributed by atoms with Crippen LogP contribution in [0.4, 0.5) is 0 Å². The Morgan fingerprint density at radius 1 is 0.720 bits per heavy atom. The van der Waals surface area contributed by atoms with Crippen molar-refractivity contribution in [2.24, 2.45) is 0 Å². The van der Waals surface area contributed by atoms with Gasteiger partial charge in [0.1, 0.15) is 0 Å². The smallest absolute Gasteiger partial charge is 0.200 e. The van der Waals surface area contributed by atoms with Crippen LogP contribution in [0.25, 0.3) is 0 Å². The van der Waals surface area contributed by atoms with Crippen LogP contribution in [0.2, 0.25) is 0 Å². The first-order valence-electron chi connectivity index (χ1n) is 7.61. The van der Waals surface area contributed by atoms with Gasteiger partial charge < -0.3 is 0 Å². The van der Waals surface area contributed by atoms with Gasteiger partial charge >= 0.3 is 0 Å². The van der Waals surface area contributed by atoms with E-state index in [2.05, 4.69) is 0 Å². The third-order valence-corrected chi connectivity index (χ3v) is 14.0. The van der Waals surface area contributed by atoms with Gasteiger partial charge in [-0.2, -0.15) is 0 Å². The highest BCUT2D eigenvalue weighted by atomic mass is 35.5. The van der Waals surface area contributed by atoms with E-state index in [9.17, 15) is 8.42 Å². The SMILES string of the molecule is O=S(=O)(c1ccccc1)C(Cl)P(=S)(c1ccccc1)c1ccccc1. The molecule has 0 bridgehead atoms. The minimum absolute atomic E-state index is 0.191. The van der Waals surface area contributed by atoms with E-state index in [4.69, 9.17) is 23.4 Å². The third kappa shape index (κ3) is 3.45. The predicted octanol–water partition coefficient (Wildman–Crippen LogP) is 4.11. The van der Waals surface area contributed by atoms with E-state index in [1.54, 1.807) is 30.3 Å². The highest BCUT2D eigenvalue weighted by molar-refractivity contribution is 8.27. The largest absolute Gasteiger partial charge is 0.222 e. The summed E-state index contributed by atoms with van der Waals surface area (Å²) in [5.41, 5.74) is 0. The maximum atomic E-state index is 13.2. The summed E-state index contributed by atoms with van der Waals surface area (Å²) in [7, 11) is -3.78. The number of alkyl halides is 1. The van der Waals surface area contributed by atoms with Gasteiger partial charge in [0, 0.05) is 6.04 Å². The Bertz CT molecular complexity index is 948. The zero-order chi connectivity index (χ0) is 17.9. The molecule has 0 heterocycles. The Balaban J connectivity index is 2.21. The van der Waals surface area contributed by atoms with E-state index < -0.39 is 20.3 Å². The van der Waals surface area contributed by atoms with Gasteiger partial charge in [0.05, 0.1) is 4.90 Å². The molecular weight excluding hydrogens is 391 g/mol. The maximum Gasteiger partial charge on any atom is 0.200 e. The van der Waals surface area contributed by atoms with Crippen molar-refractivity contribution in [1.82, 2.24) is 0 Å². The van der Waals surface area contributed by atoms with Crippen LogP contribution in [0.1, 0.15) is 0 Å². The topological polar surface area (TPSA) is 34.1 Å². The standard InChI is InChI=1S/C19H16ClO2PS2/c20-19(25(21,22)18-14-8-3-9-15-18)23(24,16-10-4-1-5-11-16)17-12-6-2-7-13-17/h1-15,19H. The van der Waals surface area contributed by atoms with Crippen LogP contribution in [0.5, 0.6) is 0 Å². The predicted molar refractivity (Wildman–Crippen MR) is 110 cm³/mol. The van der Waals surface area contributed by atoms with Gasteiger partial charge in [-0.05, 0) is 22.7 Å². The minimum atomic E-state index is -3.78. The molecule has 1 unspecified atom stereocenters. The number of rotatable bonds is 5. The second-order valence-corrected chi connectivity index (χ2v) is 13.5. The monoisotopic (exact) mass is 406 g/mol. The van der Waals surface area contributed by atoms with E-state index in [0.29, 0.717) is 0 Å². The van der Waals surface area contributed by atoms with Gasteiger partial charge in [-0.3, -0.25) is 0 Å². The van der Waals surface area contributed by atoms with E-state index in [1.807, 2.05) is 60.7 Å². The normalized spacial score (nSPS) is 13.3. The van der Waals surface area contributed by atoms with Crippen LogP contribution < -0.4 is 10.6 Å². The van der Waals surface area contributed by atoms with Crippen molar-refractivity contribution in [2.45, 2.75) is 9.35 Å². The zero-order valence-corrected chi connectivity index (χ0v) is 16.5. The van der Waals surface area contributed by atoms with Crippen LogP contribution in [-0.4, -0.2) is 12.9 Å². The molecule has 0 saturated carbocycles. The lowest BCUT2D eigenvalue weighted by Crippen LogP contribution is -2.28. The third-order valence-electron chi connectivity index (χ3n) is 3.89. The summed E-state index contributed by atoms with van der Waals surface area (Å²) in [4.78, 5) is 0.191.